The second kappa shape index (κ2) is 5.33. The van der Waals surface area contributed by atoms with E-state index in [-0.39, 0.29) is 5.92 Å². The zero-order chi connectivity index (χ0) is 14.0. The van der Waals surface area contributed by atoms with Gasteiger partial charge in [0.05, 0.1) is 5.69 Å². The van der Waals surface area contributed by atoms with Crippen molar-refractivity contribution in [3.63, 3.8) is 0 Å². The van der Waals surface area contributed by atoms with Gasteiger partial charge in [0.2, 0.25) is 0 Å². The van der Waals surface area contributed by atoms with Crippen LogP contribution in [0.1, 0.15) is 37.1 Å². The Hall–Kier alpha value is -1.36. The van der Waals surface area contributed by atoms with Crippen LogP contribution in [0.3, 0.4) is 0 Å². The molecule has 106 valence electrons. The van der Waals surface area contributed by atoms with Gasteiger partial charge in [-0.05, 0) is 52.1 Å². The van der Waals surface area contributed by atoms with E-state index in [1.54, 1.807) is 7.05 Å². The Bertz CT molecular complexity index is 469. The lowest BCUT2D eigenvalue weighted by molar-refractivity contribution is -0.146. The topological polar surface area (TPSA) is 67.2 Å². The van der Waals surface area contributed by atoms with Crippen LogP contribution in [0.2, 0.25) is 0 Å². The van der Waals surface area contributed by atoms with Crippen molar-refractivity contribution < 1.29 is 9.90 Å². The molecule has 2 atom stereocenters. The predicted octanol–water partition coefficient (Wildman–Crippen LogP) is 1.73. The normalized spacial score (nSPS) is 26.8. The van der Waals surface area contributed by atoms with Crippen LogP contribution >= 0.6 is 0 Å². The van der Waals surface area contributed by atoms with Gasteiger partial charge in [0.15, 0.2) is 0 Å². The van der Waals surface area contributed by atoms with Gasteiger partial charge in [0.1, 0.15) is 5.54 Å². The number of nitrogens with zero attached hydrogens (tertiary/aromatic N) is 2. The molecule has 1 aliphatic rings. The maximum absolute atomic E-state index is 11.6. The number of carboxylic acids is 1. The molecular formula is C14H23N3O2. The van der Waals surface area contributed by atoms with Crippen molar-refractivity contribution in [2.45, 2.75) is 51.6 Å². The van der Waals surface area contributed by atoms with E-state index in [2.05, 4.69) is 16.5 Å². The van der Waals surface area contributed by atoms with Crippen molar-refractivity contribution >= 4 is 5.97 Å². The van der Waals surface area contributed by atoms with Gasteiger partial charge in [-0.1, -0.05) is 6.42 Å². The summed E-state index contributed by atoms with van der Waals surface area (Å²) in [6.07, 6.45) is 3.54. The number of aliphatic carboxylic acids is 1. The first-order valence-electron chi connectivity index (χ1n) is 6.93. The molecule has 5 heteroatoms. The molecule has 0 aromatic carbocycles. The summed E-state index contributed by atoms with van der Waals surface area (Å²) in [5.41, 5.74) is 1.42. The number of nitrogens with one attached hydrogen (secondary N) is 1. The van der Waals surface area contributed by atoms with E-state index >= 15 is 0 Å². The number of aryl methyl sites for hydroxylation is 3. The molecule has 1 aromatic heterocycles. The third kappa shape index (κ3) is 2.52. The predicted molar refractivity (Wildman–Crippen MR) is 73.1 cm³/mol. The second-order valence-corrected chi connectivity index (χ2v) is 5.55. The number of aromatic nitrogens is 2. The third-order valence-corrected chi connectivity index (χ3v) is 4.44. The fraction of sp³-hybridized carbons (Fsp3) is 0.714. The molecule has 1 aromatic rings. The zero-order valence-electron chi connectivity index (χ0n) is 11.9. The van der Waals surface area contributed by atoms with Gasteiger partial charge in [-0.15, -0.1) is 0 Å². The summed E-state index contributed by atoms with van der Waals surface area (Å²) in [7, 11) is 1.76. The molecule has 0 radical (unpaired) electrons. The van der Waals surface area contributed by atoms with Crippen molar-refractivity contribution in [3.05, 3.63) is 17.5 Å². The number of hydrogen-bond acceptors (Lipinski definition) is 3. The first-order chi connectivity index (χ1) is 8.99. The van der Waals surface area contributed by atoms with E-state index in [4.69, 9.17) is 0 Å². The van der Waals surface area contributed by atoms with E-state index < -0.39 is 11.5 Å². The fourth-order valence-electron chi connectivity index (χ4n) is 3.37. The fourth-order valence-corrected chi connectivity index (χ4v) is 3.37. The first-order valence-corrected chi connectivity index (χ1v) is 6.93. The summed E-state index contributed by atoms with van der Waals surface area (Å²) in [5, 5.41) is 17.0. The molecule has 0 aliphatic heterocycles. The highest BCUT2D eigenvalue weighted by atomic mass is 16.4. The average molecular weight is 265 g/mol. The molecule has 2 N–H and O–H groups in total. The molecule has 1 heterocycles. The Morgan fingerprint density at radius 2 is 2.37 bits per heavy atom. The largest absolute Gasteiger partial charge is 0.480 e. The van der Waals surface area contributed by atoms with Crippen LogP contribution in [0.4, 0.5) is 0 Å². The van der Waals surface area contributed by atoms with Crippen molar-refractivity contribution in [2.75, 3.05) is 7.05 Å². The van der Waals surface area contributed by atoms with E-state index in [9.17, 15) is 9.90 Å². The summed E-state index contributed by atoms with van der Waals surface area (Å²) < 4.78 is 1.98. The SMILES string of the molecule is CNC1(C(=O)O)CCCC1CCn1nc(C)cc1C. The molecule has 19 heavy (non-hydrogen) atoms. The quantitative estimate of drug-likeness (QED) is 0.851. The van der Waals surface area contributed by atoms with Crippen LogP contribution in [0.15, 0.2) is 6.07 Å². The minimum atomic E-state index is -0.740. The minimum Gasteiger partial charge on any atom is -0.480 e. The summed E-state index contributed by atoms with van der Waals surface area (Å²) in [6.45, 7) is 4.81. The van der Waals surface area contributed by atoms with Crippen LogP contribution in [0.5, 0.6) is 0 Å². The highest BCUT2D eigenvalue weighted by Gasteiger charge is 2.47. The molecule has 2 unspecified atom stereocenters. The number of carboxylic acid groups (broad SMARTS) is 1. The average Bonchev–Trinajstić information content (AvgIpc) is 2.90. The highest BCUT2D eigenvalue weighted by molar-refractivity contribution is 5.79. The summed E-state index contributed by atoms with van der Waals surface area (Å²) >= 11 is 0. The van der Waals surface area contributed by atoms with E-state index in [0.29, 0.717) is 0 Å². The molecule has 1 fully saturated rings. The zero-order valence-corrected chi connectivity index (χ0v) is 11.9. The van der Waals surface area contributed by atoms with Crippen molar-refractivity contribution in [1.82, 2.24) is 15.1 Å². The Balaban J connectivity index is 2.06. The molecule has 0 spiro atoms. The molecule has 5 nitrogen and oxygen atoms in total. The Labute approximate surface area is 114 Å². The standard InChI is InChI=1S/C14H23N3O2/c1-10-9-11(2)17(16-10)8-6-12-5-4-7-14(12,15-3)13(18)19/h9,12,15H,4-8H2,1-3H3,(H,18,19). The van der Waals surface area contributed by atoms with Gasteiger partial charge >= 0.3 is 5.97 Å². The molecule has 0 bridgehead atoms. The highest BCUT2D eigenvalue weighted by Crippen LogP contribution is 2.38. The number of rotatable bonds is 5. The van der Waals surface area contributed by atoms with Crippen molar-refractivity contribution in [2.24, 2.45) is 5.92 Å². The van der Waals surface area contributed by atoms with Crippen molar-refractivity contribution in [3.8, 4) is 0 Å². The smallest absolute Gasteiger partial charge is 0.324 e. The lowest BCUT2D eigenvalue weighted by Gasteiger charge is -2.31. The van der Waals surface area contributed by atoms with Crippen LogP contribution in [0, 0.1) is 19.8 Å². The molecule has 1 saturated carbocycles. The van der Waals surface area contributed by atoms with Crippen LogP contribution in [-0.2, 0) is 11.3 Å². The van der Waals surface area contributed by atoms with Gasteiger partial charge in [-0.25, -0.2) is 0 Å². The van der Waals surface area contributed by atoms with Crippen LogP contribution < -0.4 is 5.32 Å². The molecule has 1 aliphatic carbocycles. The Kier molecular flexibility index (Phi) is 3.94. The summed E-state index contributed by atoms with van der Waals surface area (Å²) in [6, 6.07) is 2.05. The molecule has 0 amide bonds. The van der Waals surface area contributed by atoms with E-state index in [1.807, 2.05) is 18.5 Å². The van der Waals surface area contributed by atoms with Gasteiger partial charge in [0.25, 0.3) is 0 Å². The maximum atomic E-state index is 11.6. The Morgan fingerprint density at radius 1 is 1.63 bits per heavy atom. The molecule has 0 saturated heterocycles. The molecular weight excluding hydrogens is 242 g/mol. The summed E-state index contributed by atoms with van der Waals surface area (Å²) in [4.78, 5) is 11.6. The van der Waals surface area contributed by atoms with Gasteiger partial charge in [-0.2, -0.15) is 5.10 Å². The first kappa shape index (κ1) is 14.1. The summed E-state index contributed by atoms with van der Waals surface area (Å²) in [5.74, 6) is -0.537. The Morgan fingerprint density at radius 3 is 2.89 bits per heavy atom. The minimum absolute atomic E-state index is 0.180. The molecule has 2 rings (SSSR count). The lowest BCUT2D eigenvalue weighted by Crippen LogP contribution is -2.53. The second-order valence-electron chi connectivity index (χ2n) is 5.55. The lowest BCUT2D eigenvalue weighted by atomic mass is 9.85. The number of carbonyl (C=O) groups is 1. The third-order valence-electron chi connectivity index (χ3n) is 4.44. The van der Waals surface area contributed by atoms with Crippen LogP contribution in [0.25, 0.3) is 0 Å². The van der Waals surface area contributed by atoms with Crippen LogP contribution in [-0.4, -0.2) is 33.4 Å². The van der Waals surface area contributed by atoms with E-state index in [0.717, 1.165) is 43.6 Å². The number of hydrogen-bond donors (Lipinski definition) is 2. The maximum Gasteiger partial charge on any atom is 0.324 e. The van der Waals surface area contributed by atoms with Crippen molar-refractivity contribution in [1.29, 1.82) is 0 Å². The monoisotopic (exact) mass is 265 g/mol. The van der Waals surface area contributed by atoms with Gasteiger partial charge in [0, 0.05) is 12.2 Å². The number of likely N-dealkylation sites (N-methyl/N-ethyl adjacent to an activating group) is 1. The van der Waals surface area contributed by atoms with E-state index in [1.165, 1.54) is 0 Å². The van der Waals surface area contributed by atoms with Gasteiger partial charge in [-0.3, -0.25) is 9.48 Å². The van der Waals surface area contributed by atoms with Gasteiger partial charge < -0.3 is 10.4 Å².